The molecule has 0 unspecified atom stereocenters. The van der Waals surface area contributed by atoms with Gasteiger partial charge in [0.25, 0.3) is 0 Å². The molecule has 2 aromatic heterocycles. The van der Waals surface area contributed by atoms with E-state index in [1.54, 1.807) is 14.2 Å². The van der Waals surface area contributed by atoms with Gasteiger partial charge in [0.05, 0.1) is 26.3 Å². The van der Waals surface area contributed by atoms with Crippen molar-refractivity contribution in [3.63, 3.8) is 0 Å². The molecule has 1 amide bonds. The Morgan fingerprint density at radius 1 is 1.18 bits per heavy atom. The lowest BCUT2D eigenvalue weighted by atomic mass is 10.1. The van der Waals surface area contributed by atoms with Crippen molar-refractivity contribution in [1.29, 1.82) is 0 Å². The Bertz CT molecular complexity index is 952. The molecule has 0 bridgehead atoms. The maximum Gasteiger partial charge on any atom is 0.232 e. The zero-order valence-corrected chi connectivity index (χ0v) is 17.8. The van der Waals surface area contributed by atoms with Crippen LogP contribution in [-0.4, -0.2) is 35.3 Å². The van der Waals surface area contributed by atoms with Crippen molar-refractivity contribution in [3.05, 3.63) is 34.3 Å². The first kappa shape index (κ1) is 20.2. The van der Waals surface area contributed by atoms with Crippen LogP contribution in [0.5, 0.6) is 11.5 Å². The van der Waals surface area contributed by atoms with Crippen LogP contribution in [-0.2, 0) is 17.6 Å². The molecule has 7 nitrogen and oxygen atoms in total. The van der Waals surface area contributed by atoms with E-state index in [0.29, 0.717) is 28.2 Å². The molecule has 1 N–H and O–H groups in total. The van der Waals surface area contributed by atoms with Crippen molar-refractivity contribution in [2.45, 2.75) is 26.7 Å². The Balaban J connectivity index is 1.64. The fourth-order valence-electron chi connectivity index (χ4n) is 2.55. The fraction of sp³-hybridized carbons (Fsp3) is 0.368. The van der Waals surface area contributed by atoms with Crippen LogP contribution in [0.15, 0.2) is 23.6 Å². The maximum absolute atomic E-state index is 12.3. The number of anilines is 1. The lowest BCUT2D eigenvalue weighted by Crippen LogP contribution is -2.14. The van der Waals surface area contributed by atoms with E-state index in [9.17, 15) is 4.79 Å². The Hall–Kier alpha value is -2.52. The highest BCUT2D eigenvalue weighted by Crippen LogP contribution is 2.33. The molecule has 0 fully saturated rings. The number of nitrogens with one attached hydrogen (secondary N) is 1. The van der Waals surface area contributed by atoms with E-state index in [1.165, 1.54) is 22.7 Å². The van der Waals surface area contributed by atoms with E-state index in [4.69, 9.17) is 9.47 Å². The van der Waals surface area contributed by atoms with Crippen LogP contribution in [0.25, 0.3) is 10.6 Å². The SMILES string of the molecule is COc1ccc(-c2nc(CC(=O)Nc3nnc(CC(C)C)s3)cs2)cc1OC. The molecular formula is C19H22N4O3S2. The third-order valence-corrected chi connectivity index (χ3v) is 5.62. The van der Waals surface area contributed by atoms with Crippen LogP contribution in [0.4, 0.5) is 5.13 Å². The molecule has 3 aromatic rings. The van der Waals surface area contributed by atoms with E-state index in [0.717, 1.165) is 22.0 Å². The van der Waals surface area contributed by atoms with E-state index in [1.807, 2.05) is 23.6 Å². The summed E-state index contributed by atoms with van der Waals surface area (Å²) in [6, 6.07) is 5.63. The molecule has 0 saturated heterocycles. The quantitative estimate of drug-likeness (QED) is 0.594. The van der Waals surface area contributed by atoms with Crippen LogP contribution in [0, 0.1) is 5.92 Å². The molecule has 0 radical (unpaired) electrons. The first-order chi connectivity index (χ1) is 13.5. The number of carbonyl (C=O) groups is 1. The van der Waals surface area contributed by atoms with Crippen LogP contribution < -0.4 is 14.8 Å². The van der Waals surface area contributed by atoms with E-state index < -0.39 is 0 Å². The third kappa shape index (κ3) is 5.05. The van der Waals surface area contributed by atoms with E-state index in [2.05, 4.69) is 34.3 Å². The fourth-order valence-corrected chi connectivity index (χ4v) is 4.34. The number of benzene rings is 1. The van der Waals surface area contributed by atoms with Crippen LogP contribution in [0.1, 0.15) is 24.5 Å². The van der Waals surface area contributed by atoms with Crippen molar-refractivity contribution in [1.82, 2.24) is 15.2 Å². The maximum atomic E-state index is 12.3. The number of rotatable bonds is 8. The molecule has 0 saturated carbocycles. The molecule has 3 rings (SSSR count). The predicted molar refractivity (Wildman–Crippen MR) is 111 cm³/mol. The van der Waals surface area contributed by atoms with Gasteiger partial charge in [-0.25, -0.2) is 4.98 Å². The molecule has 0 aliphatic heterocycles. The highest BCUT2D eigenvalue weighted by Gasteiger charge is 2.14. The number of nitrogens with zero attached hydrogens (tertiary/aromatic N) is 3. The number of hydrogen-bond donors (Lipinski definition) is 1. The molecule has 0 atom stereocenters. The zero-order valence-electron chi connectivity index (χ0n) is 16.2. The van der Waals surface area contributed by atoms with Crippen molar-refractivity contribution in [2.75, 3.05) is 19.5 Å². The van der Waals surface area contributed by atoms with Gasteiger partial charge in [-0.2, -0.15) is 0 Å². The van der Waals surface area contributed by atoms with Crippen LogP contribution >= 0.6 is 22.7 Å². The largest absolute Gasteiger partial charge is 0.493 e. The van der Waals surface area contributed by atoms with Crippen molar-refractivity contribution in [3.8, 4) is 22.1 Å². The number of methoxy groups -OCH3 is 2. The predicted octanol–water partition coefficient (Wildman–Crippen LogP) is 4.06. The van der Waals surface area contributed by atoms with Gasteiger partial charge in [-0.3, -0.25) is 4.79 Å². The van der Waals surface area contributed by atoms with Crippen LogP contribution in [0.2, 0.25) is 0 Å². The molecule has 0 aliphatic rings. The number of thiazole rings is 1. The molecule has 2 heterocycles. The summed E-state index contributed by atoms with van der Waals surface area (Å²) in [7, 11) is 3.20. The first-order valence-electron chi connectivity index (χ1n) is 8.77. The van der Waals surface area contributed by atoms with Crippen molar-refractivity contribution < 1.29 is 14.3 Å². The van der Waals surface area contributed by atoms with Gasteiger partial charge >= 0.3 is 0 Å². The second-order valence-corrected chi connectivity index (χ2v) is 8.46. The van der Waals surface area contributed by atoms with Gasteiger partial charge in [-0.1, -0.05) is 25.2 Å². The van der Waals surface area contributed by atoms with Gasteiger partial charge in [0.2, 0.25) is 11.0 Å². The Morgan fingerprint density at radius 3 is 2.68 bits per heavy atom. The Labute approximate surface area is 171 Å². The minimum Gasteiger partial charge on any atom is -0.493 e. The minimum absolute atomic E-state index is 0.156. The number of ether oxygens (including phenoxy) is 2. The summed E-state index contributed by atoms with van der Waals surface area (Å²) >= 11 is 2.89. The average Bonchev–Trinajstić information content (AvgIpc) is 3.30. The number of hydrogen-bond acceptors (Lipinski definition) is 8. The summed E-state index contributed by atoms with van der Waals surface area (Å²) in [4.78, 5) is 16.9. The lowest BCUT2D eigenvalue weighted by Gasteiger charge is -2.08. The summed E-state index contributed by atoms with van der Waals surface area (Å²) in [5, 5.41) is 15.1. The zero-order chi connectivity index (χ0) is 20.1. The van der Waals surface area contributed by atoms with E-state index in [-0.39, 0.29) is 12.3 Å². The summed E-state index contributed by atoms with van der Waals surface area (Å²) in [6.07, 6.45) is 1.04. The highest BCUT2D eigenvalue weighted by atomic mass is 32.1. The standard InChI is InChI=1S/C19H22N4O3S2/c1-11(2)7-17-22-23-19(28-17)21-16(24)9-13-10-27-18(20-13)12-5-6-14(25-3)15(8-12)26-4/h5-6,8,10-11H,7,9H2,1-4H3,(H,21,23,24). The van der Waals surface area contributed by atoms with Gasteiger partial charge < -0.3 is 14.8 Å². The molecule has 0 spiro atoms. The minimum atomic E-state index is -0.156. The third-order valence-electron chi connectivity index (χ3n) is 3.82. The molecule has 148 valence electrons. The molecular weight excluding hydrogens is 396 g/mol. The van der Waals surface area contributed by atoms with E-state index >= 15 is 0 Å². The lowest BCUT2D eigenvalue weighted by molar-refractivity contribution is -0.115. The normalized spacial score (nSPS) is 10.9. The highest BCUT2D eigenvalue weighted by molar-refractivity contribution is 7.15. The van der Waals surface area contributed by atoms with Crippen LogP contribution in [0.3, 0.4) is 0 Å². The smallest absolute Gasteiger partial charge is 0.232 e. The average molecular weight is 419 g/mol. The van der Waals surface area contributed by atoms with Gasteiger partial charge in [0.1, 0.15) is 10.0 Å². The Morgan fingerprint density at radius 2 is 1.96 bits per heavy atom. The number of amides is 1. The van der Waals surface area contributed by atoms with Gasteiger partial charge in [0, 0.05) is 17.4 Å². The summed E-state index contributed by atoms with van der Waals surface area (Å²) < 4.78 is 10.6. The Kier molecular flexibility index (Phi) is 6.58. The van der Waals surface area contributed by atoms with Gasteiger partial charge in [-0.05, 0) is 24.1 Å². The van der Waals surface area contributed by atoms with Gasteiger partial charge in [-0.15, -0.1) is 21.5 Å². The van der Waals surface area contributed by atoms with Gasteiger partial charge in [0.15, 0.2) is 11.5 Å². The van der Waals surface area contributed by atoms with Crippen molar-refractivity contribution >= 4 is 33.7 Å². The monoisotopic (exact) mass is 418 g/mol. The number of carbonyl (C=O) groups excluding carboxylic acids is 1. The second kappa shape index (κ2) is 9.11. The molecule has 1 aromatic carbocycles. The van der Waals surface area contributed by atoms with Crippen molar-refractivity contribution in [2.24, 2.45) is 5.92 Å². The number of aromatic nitrogens is 3. The first-order valence-corrected chi connectivity index (χ1v) is 10.5. The molecule has 9 heteroatoms. The molecule has 28 heavy (non-hydrogen) atoms. The summed E-state index contributed by atoms with van der Waals surface area (Å²) in [5.41, 5.74) is 1.62. The summed E-state index contributed by atoms with van der Waals surface area (Å²) in [6.45, 7) is 4.25. The molecule has 0 aliphatic carbocycles. The topological polar surface area (TPSA) is 86.2 Å². The second-order valence-electron chi connectivity index (χ2n) is 6.54. The summed E-state index contributed by atoms with van der Waals surface area (Å²) in [5.74, 6) is 1.65.